The van der Waals surface area contributed by atoms with Crippen LogP contribution in [0.25, 0.3) is 0 Å². The quantitative estimate of drug-likeness (QED) is 0.347. The second kappa shape index (κ2) is 9.99. The van der Waals surface area contributed by atoms with Gasteiger partial charge in [-0.05, 0) is 42.3 Å². The Bertz CT molecular complexity index is 1400. The summed E-state index contributed by atoms with van der Waals surface area (Å²) in [4.78, 5) is 40.9. The summed E-state index contributed by atoms with van der Waals surface area (Å²) in [7, 11) is 0. The van der Waals surface area contributed by atoms with E-state index in [2.05, 4.69) is 10.6 Å². The van der Waals surface area contributed by atoms with Gasteiger partial charge in [0.25, 0.3) is 5.91 Å². The van der Waals surface area contributed by atoms with Crippen molar-refractivity contribution in [3.8, 4) is 11.5 Å². The number of amides is 4. The molecule has 0 atom stereocenters. The van der Waals surface area contributed by atoms with Gasteiger partial charge in [0.1, 0.15) is 12.3 Å². The number of nitrogens with one attached hydrogen (secondary N) is 2. The van der Waals surface area contributed by atoms with Crippen LogP contribution in [0.4, 0.5) is 10.5 Å². The highest BCUT2D eigenvalue weighted by atomic mass is 16.5. The van der Waals surface area contributed by atoms with Gasteiger partial charge in [0.15, 0.2) is 11.3 Å². The predicted octanol–water partition coefficient (Wildman–Crippen LogP) is 5.22. The van der Waals surface area contributed by atoms with Gasteiger partial charge in [-0.15, -0.1) is 0 Å². The average molecular weight is 492 g/mol. The molecule has 0 aromatic heterocycles. The van der Waals surface area contributed by atoms with Crippen LogP contribution in [0.1, 0.15) is 16.7 Å². The van der Waals surface area contributed by atoms with Gasteiger partial charge in [-0.25, -0.2) is 4.79 Å². The van der Waals surface area contributed by atoms with Gasteiger partial charge in [0.2, 0.25) is 5.91 Å². The van der Waals surface area contributed by atoms with Gasteiger partial charge in [-0.3, -0.25) is 14.5 Å². The fraction of sp³-hybridized carbons (Fsp3) is 0.100. The van der Waals surface area contributed by atoms with Gasteiger partial charge in [-0.1, -0.05) is 90.5 Å². The summed E-state index contributed by atoms with van der Waals surface area (Å²) in [5, 5.41) is 5.63. The minimum Gasteiger partial charge on any atom is -0.455 e. The number of anilines is 1. The fourth-order valence-corrected chi connectivity index (χ4v) is 4.38. The molecule has 0 saturated carbocycles. The Morgan fingerprint density at radius 2 is 1.38 bits per heavy atom. The number of hydrogen-bond acceptors (Lipinski definition) is 4. The number of carbonyl (C=O) groups is 3. The zero-order valence-electron chi connectivity index (χ0n) is 20.2. The van der Waals surface area contributed by atoms with Crippen LogP contribution in [-0.4, -0.2) is 29.3 Å². The Hall–Kier alpha value is -4.91. The maximum absolute atomic E-state index is 13.8. The fourth-order valence-electron chi connectivity index (χ4n) is 4.38. The minimum atomic E-state index is -1.42. The van der Waals surface area contributed by atoms with Crippen LogP contribution in [0.2, 0.25) is 0 Å². The van der Waals surface area contributed by atoms with E-state index >= 15 is 0 Å². The van der Waals surface area contributed by atoms with Crippen molar-refractivity contribution in [2.24, 2.45) is 0 Å². The molecule has 37 heavy (non-hydrogen) atoms. The molecule has 1 fully saturated rings. The summed E-state index contributed by atoms with van der Waals surface area (Å²) in [6.45, 7) is 1.53. The number of aryl methyl sites for hydroxylation is 1. The first kappa shape index (κ1) is 23.8. The zero-order chi connectivity index (χ0) is 25.8. The molecule has 1 heterocycles. The molecule has 0 spiro atoms. The molecule has 4 aromatic rings. The van der Waals surface area contributed by atoms with Crippen LogP contribution < -0.4 is 15.4 Å². The standard InChI is InChI=1S/C30H25N3O4/c1-21-16-18-24(19-17-21)37-26-15-9-8-14-25(26)31-27(34)20-33-28(35)30(32-29(33)36,22-10-4-2-5-11-22)23-12-6-3-7-13-23/h2-19H,20H2,1H3,(H,31,34)(H,32,36). The van der Waals surface area contributed by atoms with Crippen molar-refractivity contribution in [1.29, 1.82) is 0 Å². The van der Waals surface area contributed by atoms with E-state index in [9.17, 15) is 14.4 Å². The van der Waals surface area contributed by atoms with E-state index in [4.69, 9.17) is 4.74 Å². The van der Waals surface area contributed by atoms with Crippen LogP contribution in [0.5, 0.6) is 11.5 Å². The van der Waals surface area contributed by atoms with E-state index in [1.165, 1.54) is 0 Å². The zero-order valence-corrected chi connectivity index (χ0v) is 20.2. The SMILES string of the molecule is Cc1ccc(Oc2ccccc2NC(=O)CN2C(=O)NC(c3ccccc3)(c3ccccc3)C2=O)cc1. The first-order chi connectivity index (χ1) is 18.0. The third-order valence-corrected chi connectivity index (χ3v) is 6.23. The molecule has 2 N–H and O–H groups in total. The first-order valence-corrected chi connectivity index (χ1v) is 11.9. The average Bonchev–Trinajstić information content (AvgIpc) is 3.17. The molecule has 4 amide bonds. The normalized spacial score (nSPS) is 14.2. The van der Waals surface area contributed by atoms with Crippen molar-refractivity contribution in [1.82, 2.24) is 10.2 Å². The Morgan fingerprint density at radius 3 is 2.00 bits per heavy atom. The van der Waals surface area contributed by atoms with Gasteiger partial charge in [-0.2, -0.15) is 0 Å². The van der Waals surface area contributed by atoms with Gasteiger partial charge >= 0.3 is 6.03 Å². The third kappa shape index (κ3) is 4.67. The van der Waals surface area contributed by atoms with Crippen LogP contribution in [0, 0.1) is 6.92 Å². The summed E-state index contributed by atoms with van der Waals surface area (Å²) >= 11 is 0. The van der Waals surface area contributed by atoms with Crippen molar-refractivity contribution >= 4 is 23.5 Å². The summed E-state index contributed by atoms with van der Waals surface area (Å²) in [5.74, 6) is 0.0198. The number of rotatable bonds is 7. The smallest absolute Gasteiger partial charge is 0.326 e. The molecule has 0 bridgehead atoms. The highest BCUT2D eigenvalue weighted by Crippen LogP contribution is 2.36. The van der Waals surface area contributed by atoms with Crippen LogP contribution in [0.15, 0.2) is 109 Å². The molecule has 7 heteroatoms. The Balaban J connectivity index is 1.38. The molecule has 5 rings (SSSR count). The van der Waals surface area contributed by atoms with Crippen molar-refractivity contribution in [3.63, 3.8) is 0 Å². The topological polar surface area (TPSA) is 87.7 Å². The lowest BCUT2D eigenvalue weighted by Crippen LogP contribution is -2.45. The van der Waals surface area contributed by atoms with Crippen molar-refractivity contribution < 1.29 is 19.1 Å². The Kier molecular flexibility index (Phi) is 6.43. The molecule has 0 aliphatic carbocycles. The molecular formula is C30H25N3O4. The van der Waals surface area contributed by atoms with Crippen molar-refractivity contribution in [3.05, 3.63) is 126 Å². The largest absolute Gasteiger partial charge is 0.455 e. The van der Waals surface area contributed by atoms with E-state index < -0.39 is 29.9 Å². The molecule has 0 radical (unpaired) electrons. The number of imide groups is 1. The first-order valence-electron chi connectivity index (χ1n) is 11.9. The van der Waals surface area contributed by atoms with Crippen molar-refractivity contribution in [2.75, 3.05) is 11.9 Å². The van der Waals surface area contributed by atoms with Crippen LogP contribution >= 0.6 is 0 Å². The monoisotopic (exact) mass is 491 g/mol. The van der Waals surface area contributed by atoms with Gasteiger partial charge in [0.05, 0.1) is 5.69 Å². The number of nitrogens with zero attached hydrogens (tertiary/aromatic N) is 1. The number of urea groups is 1. The van der Waals surface area contributed by atoms with E-state index in [0.717, 1.165) is 10.5 Å². The lowest BCUT2D eigenvalue weighted by atomic mass is 9.82. The Morgan fingerprint density at radius 1 is 0.811 bits per heavy atom. The Labute approximate surface area is 214 Å². The predicted molar refractivity (Wildman–Crippen MR) is 140 cm³/mol. The second-order valence-corrected chi connectivity index (χ2v) is 8.76. The minimum absolute atomic E-state index is 0.428. The molecule has 1 aliphatic rings. The third-order valence-electron chi connectivity index (χ3n) is 6.23. The maximum Gasteiger partial charge on any atom is 0.326 e. The summed E-state index contributed by atoms with van der Waals surface area (Å²) < 4.78 is 5.95. The molecule has 1 aliphatic heterocycles. The highest BCUT2D eigenvalue weighted by molar-refractivity contribution is 6.12. The number of benzene rings is 4. The number of para-hydroxylation sites is 2. The molecule has 4 aromatic carbocycles. The lowest BCUT2D eigenvalue weighted by Gasteiger charge is -2.28. The van der Waals surface area contributed by atoms with E-state index in [1.54, 1.807) is 72.8 Å². The molecule has 184 valence electrons. The maximum atomic E-state index is 13.8. The summed E-state index contributed by atoms with van der Waals surface area (Å²) in [6.07, 6.45) is 0. The van der Waals surface area contributed by atoms with E-state index in [0.29, 0.717) is 28.3 Å². The van der Waals surface area contributed by atoms with Gasteiger partial charge < -0.3 is 15.4 Å². The highest BCUT2D eigenvalue weighted by Gasteiger charge is 2.54. The number of ether oxygens (including phenoxy) is 1. The molecular weight excluding hydrogens is 466 g/mol. The molecule has 0 unspecified atom stereocenters. The summed E-state index contributed by atoms with van der Waals surface area (Å²) in [5.41, 5.74) is 1.33. The van der Waals surface area contributed by atoms with E-state index in [1.807, 2.05) is 43.3 Å². The molecule has 7 nitrogen and oxygen atoms in total. The number of carbonyl (C=O) groups excluding carboxylic acids is 3. The summed E-state index contributed by atoms with van der Waals surface area (Å²) in [6, 6.07) is 31.9. The van der Waals surface area contributed by atoms with Gasteiger partial charge in [0, 0.05) is 0 Å². The lowest BCUT2D eigenvalue weighted by molar-refractivity contribution is -0.133. The van der Waals surface area contributed by atoms with Crippen molar-refractivity contribution in [2.45, 2.75) is 12.5 Å². The van der Waals surface area contributed by atoms with Crippen LogP contribution in [0.3, 0.4) is 0 Å². The number of hydrogen-bond donors (Lipinski definition) is 2. The molecule has 1 saturated heterocycles. The second-order valence-electron chi connectivity index (χ2n) is 8.76. The van der Waals surface area contributed by atoms with E-state index in [-0.39, 0.29) is 0 Å². The van der Waals surface area contributed by atoms with Crippen LogP contribution in [-0.2, 0) is 15.1 Å².